The van der Waals surface area contributed by atoms with Gasteiger partial charge >= 0.3 is 18.2 Å². The Morgan fingerprint density at radius 2 is 1.62 bits per heavy atom. The third-order valence-corrected chi connectivity index (χ3v) is 5.02. The monoisotopic (exact) mass is 473 g/mol. The van der Waals surface area contributed by atoms with Gasteiger partial charge in [0.15, 0.2) is 0 Å². The fraction of sp³-hybridized carbons (Fsp3) is 0.200. The summed E-state index contributed by atoms with van der Waals surface area (Å²) in [7, 11) is 1.23. The van der Waals surface area contributed by atoms with Crippen molar-refractivity contribution < 1.29 is 37.3 Å². The Hall–Kier alpha value is -4.01. The molecule has 0 unspecified atom stereocenters. The van der Waals surface area contributed by atoms with E-state index in [1.807, 2.05) is 30.3 Å². The lowest BCUT2D eigenvalue weighted by Gasteiger charge is -2.19. The predicted molar refractivity (Wildman–Crippen MR) is 118 cm³/mol. The maximum atomic E-state index is 13.5. The molecule has 0 atom stereocenters. The molecule has 0 fully saturated rings. The fourth-order valence-corrected chi connectivity index (χ4v) is 3.46. The third kappa shape index (κ3) is 6.28. The molecular formula is C25H22F3NO5. The van der Waals surface area contributed by atoms with Crippen LogP contribution in [0.15, 0.2) is 66.7 Å². The van der Waals surface area contributed by atoms with Crippen molar-refractivity contribution >= 4 is 12.1 Å². The molecule has 0 aromatic heterocycles. The molecule has 34 heavy (non-hydrogen) atoms. The SMILES string of the molecule is COc1cc(C(F)(F)F)c(CC(=O)O)cc1-c1ccccc1CNC(=O)OCc1ccccc1. The van der Waals surface area contributed by atoms with E-state index in [2.05, 4.69) is 5.32 Å². The number of rotatable bonds is 8. The van der Waals surface area contributed by atoms with Crippen LogP contribution in [-0.2, 0) is 35.3 Å². The highest BCUT2D eigenvalue weighted by Crippen LogP contribution is 2.41. The Morgan fingerprint density at radius 1 is 0.941 bits per heavy atom. The summed E-state index contributed by atoms with van der Waals surface area (Å²) in [6, 6.07) is 17.8. The van der Waals surface area contributed by atoms with Crippen molar-refractivity contribution in [1.82, 2.24) is 5.32 Å². The van der Waals surface area contributed by atoms with Crippen LogP contribution in [0.3, 0.4) is 0 Å². The Labute approximate surface area is 193 Å². The zero-order valence-electron chi connectivity index (χ0n) is 18.2. The number of carboxylic acids is 1. The van der Waals surface area contributed by atoms with Gasteiger partial charge in [-0.2, -0.15) is 13.2 Å². The molecule has 0 aliphatic carbocycles. The number of ether oxygens (including phenoxy) is 2. The Balaban J connectivity index is 1.87. The lowest BCUT2D eigenvalue weighted by atomic mass is 9.93. The smallest absolute Gasteiger partial charge is 0.416 e. The zero-order valence-corrected chi connectivity index (χ0v) is 18.2. The molecule has 2 N–H and O–H groups in total. The van der Waals surface area contributed by atoms with Gasteiger partial charge in [-0.1, -0.05) is 54.6 Å². The normalized spacial score (nSPS) is 11.1. The number of amides is 1. The van der Waals surface area contributed by atoms with Crippen molar-refractivity contribution in [2.75, 3.05) is 7.11 Å². The molecule has 9 heteroatoms. The maximum absolute atomic E-state index is 13.5. The Morgan fingerprint density at radius 3 is 2.26 bits per heavy atom. The molecule has 6 nitrogen and oxygen atoms in total. The molecule has 0 aliphatic rings. The number of carboxylic acid groups (broad SMARTS) is 1. The van der Waals surface area contributed by atoms with Crippen molar-refractivity contribution in [2.45, 2.75) is 25.7 Å². The lowest BCUT2D eigenvalue weighted by molar-refractivity contribution is -0.139. The van der Waals surface area contributed by atoms with E-state index in [-0.39, 0.29) is 30.0 Å². The Bertz CT molecular complexity index is 1160. The van der Waals surface area contributed by atoms with E-state index in [1.165, 1.54) is 13.2 Å². The zero-order chi connectivity index (χ0) is 24.7. The van der Waals surface area contributed by atoms with Crippen molar-refractivity contribution in [1.29, 1.82) is 0 Å². The topological polar surface area (TPSA) is 84.9 Å². The summed E-state index contributed by atoms with van der Waals surface area (Å²) in [5, 5.41) is 11.7. The summed E-state index contributed by atoms with van der Waals surface area (Å²) < 4.78 is 51.0. The second kappa shape index (κ2) is 10.7. The predicted octanol–water partition coefficient (Wildman–Crippen LogP) is 5.43. The number of aliphatic carboxylic acids is 1. The summed E-state index contributed by atoms with van der Waals surface area (Å²) in [6.45, 7) is 0.113. The molecule has 3 aromatic carbocycles. The number of hydrogen-bond donors (Lipinski definition) is 2. The Kier molecular flexibility index (Phi) is 7.78. The minimum absolute atomic E-state index is 0.0300. The van der Waals surface area contributed by atoms with Crippen LogP contribution in [0.5, 0.6) is 5.75 Å². The first kappa shape index (κ1) is 24.6. The van der Waals surface area contributed by atoms with E-state index in [4.69, 9.17) is 14.6 Å². The fourth-order valence-electron chi connectivity index (χ4n) is 3.46. The second-order valence-corrected chi connectivity index (χ2v) is 7.35. The van der Waals surface area contributed by atoms with Crippen molar-refractivity contribution in [3.8, 4) is 16.9 Å². The number of halogens is 3. The molecule has 178 valence electrons. The molecule has 3 aromatic rings. The quantitative estimate of drug-likeness (QED) is 0.456. The molecule has 0 aliphatic heterocycles. The first-order valence-corrected chi connectivity index (χ1v) is 10.2. The van der Waals surface area contributed by atoms with Crippen LogP contribution in [-0.4, -0.2) is 24.3 Å². The van der Waals surface area contributed by atoms with Gasteiger partial charge in [0.2, 0.25) is 0 Å². The molecule has 1 amide bonds. The molecule has 0 saturated heterocycles. The van der Waals surface area contributed by atoms with Gasteiger partial charge in [0.05, 0.1) is 19.1 Å². The molecule has 3 rings (SSSR count). The highest BCUT2D eigenvalue weighted by Gasteiger charge is 2.35. The maximum Gasteiger partial charge on any atom is 0.416 e. The van der Waals surface area contributed by atoms with Gasteiger partial charge in [0.25, 0.3) is 0 Å². The molecule has 0 radical (unpaired) electrons. The second-order valence-electron chi connectivity index (χ2n) is 7.35. The average Bonchev–Trinajstić information content (AvgIpc) is 2.81. The van der Waals surface area contributed by atoms with Gasteiger partial charge in [0, 0.05) is 12.1 Å². The lowest BCUT2D eigenvalue weighted by Crippen LogP contribution is -2.24. The molecule has 0 spiro atoms. The van der Waals surface area contributed by atoms with Crippen LogP contribution in [0, 0.1) is 0 Å². The van der Waals surface area contributed by atoms with E-state index < -0.39 is 30.2 Å². The number of nitrogens with one attached hydrogen (secondary N) is 1. The minimum Gasteiger partial charge on any atom is -0.496 e. The van der Waals surface area contributed by atoms with Gasteiger partial charge in [-0.25, -0.2) is 4.79 Å². The summed E-state index contributed by atoms with van der Waals surface area (Å²) in [4.78, 5) is 23.3. The number of alkyl carbamates (subject to hydrolysis) is 1. The molecular weight excluding hydrogens is 451 g/mol. The van der Waals surface area contributed by atoms with Crippen molar-refractivity contribution in [3.05, 3.63) is 89.0 Å². The van der Waals surface area contributed by atoms with E-state index in [0.717, 1.165) is 11.6 Å². The van der Waals surface area contributed by atoms with Gasteiger partial charge in [-0.15, -0.1) is 0 Å². The first-order valence-electron chi connectivity index (χ1n) is 10.2. The summed E-state index contributed by atoms with van der Waals surface area (Å²) in [6.07, 6.45) is -6.22. The van der Waals surface area contributed by atoms with Crippen LogP contribution in [0.4, 0.5) is 18.0 Å². The van der Waals surface area contributed by atoms with E-state index >= 15 is 0 Å². The standard InChI is InChI=1S/C25H22F3NO5/c1-33-22-13-21(25(26,27)28)18(12-23(30)31)11-20(22)19-10-6-5-9-17(19)14-29-24(32)34-15-16-7-3-2-4-8-16/h2-11,13H,12,14-15H2,1H3,(H,29,32)(H,30,31). The number of carbonyl (C=O) groups excluding carboxylic acids is 1. The van der Waals surface area contributed by atoms with Crippen LogP contribution >= 0.6 is 0 Å². The highest BCUT2D eigenvalue weighted by molar-refractivity contribution is 5.78. The van der Waals surface area contributed by atoms with Crippen LogP contribution in [0.1, 0.15) is 22.3 Å². The molecule has 0 bridgehead atoms. The van der Waals surface area contributed by atoms with Crippen molar-refractivity contribution in [2.24, 2.45) is 0 Å². The highest BCUT2D eigenvalue weighted by atomic mass is 19.4. The van der Waals surface area contributed by atoms with Gasteiger partial charge in [0.1, 0.15) is 12.4 Å². The number of alkyl halides is 3. The van der Waals surface area contributed by atoms with Crippen LogP contribution < -0.4 is 10.1 Å². The number of carbonyl (C=O) groups is 2. The van der Waals surface area contributed by atoms with Gasteiger partial charge in [-0.3, -0.25) is 4.79 Å². The van der Waals surface area contributed by atoms with Crippen LogP contribution in [0.25, 0.3) is 11.1 Å². The molecule has 0 heterocycles. The molecule has 0 saturated carbocycles. The largest absolute Gasteiger partial charge is 0.496 e. The van der Waals surface area contributed by atoms with Crippen LogP contribution in [0.2, 0.25) is 0 Å². The third-order valence-electron chi connectivity index (χ3n) is 5.02. The summed E-state index contributed by atoms with van der Waals surface area (Å²) in [5.41, 5.74) is 0.707. The van der Waals surface area contributed by atoms with Gasteiger partial charge < -0.3 is 19.9 Å². The number of benzene rings is 3. The van der Waals surface area contributed by atoms with Crippen molar-refractivity contribution in [3.63, 3.8) is 0 Å². The minimum atomic E-state index is -4.75. The van der Waals surface area contributed by atoms with E-state index in [9.17, 15) is 22.8 Å². The van der Waals surface area contributed by atoms with E-state index in [0.29, 0.717) is 11.1 Å². The summed E-state index contributed by atoms with van der Waals surface area (Å²) in [5.74, 6) is -1.46. The van der Waals surface area contributed by atoms with Gasteiger partial charge in [-0.05, 0) is 34.4 Å². The number of methoxy groups -OCH3 is 1. The number of hydrogen-bond acceptors (Lipinski definition) is 4. The average molecular weight is 473 g/mol. The first-order chi connectivity index (χ1) is 16.2. The summed E-state index contributed by atoms with van der Waals surface area (Å²) >= 11 is 0. The van der Waals surface area contributed by atoms with E-state index in [1.54, 1.807) is 24.3 Å².